The van der Waals surface area contributed by atoms with E-state index in [1.807, 2.05) is 0 Å². The molecule has 2 aromatic carbocycles. The third-order valence-electron chi connectivity index (χ3n) is 5.42. The van der Waals surface area contributed by atoms with Crippen molar-refractivity contribution in [2.75, 3.05) is 31.0 Å². The van der Waals surface area contributed by atoms with Gasteiger partial charge in [-0.15, -0.1) is 0 Å². The lowest BCUT2D eigenvalue weighted by molar-refractivity contribution is -0.128. The molecule has 1 fully saturated rings. The van der Waals surface area contributed by atoms with E-state index in [1.54, 1.807) is 54.6 Å². The normalized spacial score (nSPS) is 20.6. The van der Waals surface area contributed by atoms with Gasteiger partial charge in [0.1, 0.15) is 5.75 Å². The van der Waals surface area contributed by atoms with Gasteiger partial charge in [0.15, 0.2) is 6.10 Å². The molecule has 29 heavy (non-hydrogen) atoms. The highest BCUT2D eigenvalue weighted by Gasteiger charge is 2.38. The molecule has 1 atom stereocenters. The molecular weight excluding hydrogens is 390 g/mol. The average Bonchev–Trinajstić information content (AvgIpc) is 2.75. The van der Waals surface area contributed by atoms with Gasteiger partial charge >= 0.3 is 0 Å². The molecule has 1 amide bonds. The van der Waals surface area contributed by atoms with Crippen LogP contribution in [0.1, 0.15) is 12.8 Å². The first kappa shape index (κ1) is 19.7. The van der Waals surface area contributed by atoms with Gasteiger partial charge in [0.05, 0.1) is 17.1 Å². The molecule has 1 N–H and O–H groups in total. The van der Waals surface area contributed by atoms with Crippen LogP contribution in [0.3, 0.4) is 0 Å². The fourth-order valence-corrected chi connectivity index (χ4v) is 5.23. The molecule has 0 aliphatic carbocycles. The van der Waals surface area contributed by atoms with Crippen LogP contribution in [0.2, 0.25) is 0 Å². The third kappa shape index (κ3) is 4.09. The minimum Gasteiger partial charge on any atom is -0.476 e. The number of piperidine rings is 1. The summed E-state index contributed by atoms with van der Waals surface area (Å²) in [7, 11) is -1.75. The van der Waals surface area contributed by atoms with Gasteiger partial charge in [-0.25, -0.2) is 8.42 Å². The Labute approximate surface area is 171 Å². The molecule has 0 bridgehead atoms. The number of anilines is 1. The molecular formula is C21H25N3O4S. The van der Waals surface area contributed by atoms with Crippen molar-refractivity contribution in [1.82, 2.24) is 10.2 Å². The summed E-state index contributed by atoms with van der Waals surface area (Å²) >= 11 is 0. The predicted molar refractivity (Wildman–Crippen MR) is 110 cm³/mol. The lowest BCUT2D eigenvalue weighted by Crippen LogP contribution is -2.53. The van der Waals surface area contributed by atoms with E-state index in [0.29, 0.717) is 11.4 Å². The van der Waals surface area contributed by atoms with Gasteiger partial charge in [0.2, 0.25) is 0 Å². The summed E-state index contributed by atoms with van der Waals surface area (Å²) in [6, 6.07) is 15.2. The van der Waals surface area contributed by atoms with Crippen molar-refractivity contribution >= 4 is 21.6 Å². The molecule has 8 heteroatoms. The van der Waals surface area contributed by atoms with Gasteiger partial charge in [-0.05, 0) is 57.2 Å². The maximum absolute atomic E-state index is 13.3. The quantitative estimate of drug-likeness (QED) is 0.825. The van der Waals surface area contributed by atoms with Crippen molar-refractivity contribution in [3.63, 3.8) is 0 Å². The minimum absolute atomic E-state index is 0.0628. The van der Waals surface area contributed by atoms with Gasteiger partial charge in [0, 0.05) is 6.04 Å². The molecule has 0 saturated carbocycles. The highest BCUT2D eigenvalue weighted by Crippen LogP contribution is 2.36. The topological polar surface area (TPSA) is 79.0 Å². The van der Waals surface area contributed by atoms with Crippen LogP contribution in [0.4, 0.5) is 5.69 Å². The highest BCUT2D eigenvalue weighted by atomic mass is 32.2. The number of carbonyl (C=O) groups excluding carboxylic acids is 1. The molecule has 2 aliphatic rings. The zero-order valence-electron chi connectivity index (χ0n) is 16.3. The van der Waals surface area contributed by atoms with Crippen LogP contribution < -0.4 is 14.4 Å². The van der Waals surface area contributed by atoms with Crippen LogP contribution in [-0.2, 0) is 14.8 Å². The number of para-hydroxylation sites is 2. The lowest BCUT2D eigenvalue weighted by atomic mass is 10.1. The maximum atomic E-state index is 13.3. The van der Waals surface area contributed by atoms with E-state index in [1.165, 1.54) is 4.31 Å². The van der Waals surface area contributed by atoms with Crippen LogP contribution in [0.15, 0.2) is 59.5 Å². The summed E-state index contributed by atoms with van der Waals surface area (Å²) in [5.74, 6) is 0.115. The molecule has 2 heterocycles. The van der Waals surface area contributed by atoms with Crippen molar-refractivity contribution in [1.29, 1.82) is 0 Å². The molecule has 154 valence electrons. The van der Waals surface area contributed by atoms with E-state index < -0.39 is 16.1 Å². The molecule has 0 radical (unpaired) electrons. The zero-order chi connectivity index (χ0) is 20.4. The lowest BCUT2D eigenvalue weighted by Gasteiger charge is -2.36. The zero-order valence-corrected chi connectivity index (χ0v) is 17.1. The van der Waals surface area contributed by atoms with Gasteiger partial charge in [-0.2, -0.15) is 0 Å². The van der Waals surface area contributed by atoms with E-state index in [4.69, 9.17) is 4.74 Å². The molecule has 0 spiro atoms. The first-order chi connectivity index (χ1) is 13.9. The van der Waals surface area contributed by atoms with E-state index in [2.05, 4.69) is 17.3 Å². The summed E-state index contributed by atoms with van der Waals surface area (Å²) in [5.41, 5.74) is 0.444. The largest absolute Gasteiger partial charge is 0.476 e. The Bertz CT molecular complexity index is 972. The Hall–Kier alpha value is -2.58. The van der Waals surface area contributed by atoms with Gasteiger partial charge in [0.25, 0.3) is 15.9 Å². The summed E-state index contributed by atoms with van der Waals surface area (Å²) < 4.78 is 33.7. The standard InChI is InChI=1S/C21H25N3O4S/c1-23-13-11-16(12-14-23)22-21(25)20-15-24(18-9-5-6-10-19(18)28-20)29(26,27)17-7-3-2-4-8-17/h2-10,16,20H,11-15H2,1H3,(H,22,25)/t20-/m0/s1. The van der Waals surface area contributed by atoms with E-state index in [0.717, 1.165) is 25.9 Å². The Morgan fingerprint density at radius 1 is 1.03 bits per heavy atom. The Kier molecular flexibility index (Phi) is 5.47. The fourth-order valence-electron chi connectivity index (χ4n) is 3.73. The number of rotatable bonds is 4. The molecule has 7 nitrogen and oxygen atoms in total. The number of nitrogens with zero attached hydrogens (tertiary/aromatic N) is 2. The predicted octanol–water partition coefficient (Wildman–Crippen LogP) is 1.85. The summed E-state index contributed by atoms with van der Waals surface area (Å²) in [4.78, 5) is 15.3. The first-order valence-corrected chi connectivity index (χ1v) is 11.2. The van der Waals surface area contributed by atoms with Crippen molar-refractivity contribution in [3.8, 4) is 5.75 Å². The monoisotopic (exact) mass is 415 g/mol. The molecule has 4 rings (SSSR count). The fraction of sp³-hybridized carbons (Fsp3) is 0.381. The van der Waals surface area contributed by atoms with Crippen LogP contribution in [0.25, 0.3) is 0 Å². The molecule has 0 unspecified atom stereocenters. The van der Waals surface area contributed by atoms with Crippen molar-refractivity contribution in [2.45, 2.75) is 29.9 Å². The number of hydrogen-bond acceptors (Lipinski definition) is 5. The van der Waals surface area contributed by atoms with E-state index in [9.17, 15) is 13.2 Å². The Morgan fingerprint density at radius 2 is 1.69 bits per heavy atom. The van der Waals surface area contributed by atoms with Crippen LogP contribution in [0, 0.1) is 0 Å². The molecule has 1 saturated heterocycles. The first-order valence-electron chi connectivity index (χ1n) is 9.77. The Balaban J connectivity index is 1.59. The smallest absolute Gasteiger partial charge is 0.264 e. The van der Waals surface area contributed by atoms with Crippen LogP contribution in [0.5, 0.6) is 5.75 Å². The number of fused-ring (bicyclic) bond motifs is 1. The summed E-state index contributed by atoms with van der Waals surface area (Å²) in [6.07, 6.45) is 0.845. The number of amides is 1. The number of likely N-dealkylation sites (tertiary alicyclic amines) is 1. The SMILES string of the molecule is CN1CCC(NC(=O)[C@@H]2CN(S(=O)(=O)c3ccccc3)c3ccccc3O2)CC1. The van der Waals surface area contributed by atoms with E-state index >= 15 is 0 Å². The highest BCUT2D eigenvalue weighted by molar-refractivity contribution is 7.92. The summed E-state index contributed by atoms with van der Waals surface area (Å²) in [6.45, 7) is 1.79. The second-order valence-corrected chi connectivity index (χ2v) is 9.37. The van der Waals surface area contributed by atoms with E-state index in [-0.39, 0.29) is 23.4 Å². The van der Waals surface area contributed by atoms with Gasteiger partial charge in [-0.1, -0.05) is 30.3 Å². The number of benzene rings is 2. The number of hydrogen-bond donors (Lipinski definition) is 1. The van der Waals surface area contributed by atoms with Crippen molar-refractivity contribution in [2.24, 2.45) is 0 Å². The molecule has 0 aromatic heterocycles. The second-order valence-electron chi connectivity index (χ2n) is 7.51. The van der Waals surface area contributed by atoms with Crippen LogP contribution >= 0.6 is 0 Å². The minimum atomic E-state index is -3.82. The van der Waals surface area contributed by atoms with Crippen LogP contribution in [-0.4, -0.2) is 58.1 Å². The summed E-state index contributed by atoms with van der Waals surface area (Å²) in [5, 5.41) is 3.04. The average molecular weight is 416 g/mol. The molecule has 2 aliphatic heterocycles. The van der Waals surface area contributed by atoms with Crippen molar-refractivity contribution < 1.29 is 17.9 Å². The van der Waals surface area contributed by atoms with Gasteiger partial charge in [-0.3, -0.25) is 9.10 Å². The third-order valence-corrected chi connectivity index (χ3v) is 7.22. The number of carbonyl (C=O) groups is 1. The molecule has 2 aromatic rings. The maximum Gasteiger partial charge on any atom is 0.264 e. The number of sulfonamides is 1. The van der Waals surface area contributed by atoms with Crippen molar-refractivity contribution in [3.05, 3.63) is 54.6 Å². The number of ether oxygens (including phenoxy) is 1. The number of nitrogens with one attached hydrogen (secondary N) is 1. The Morgan fingerprint density at radius 3 is 2.41 bits per heavy atom. The van der Waals surface area contributed by atoms with Gasteiger partial charge < -0.3 is 15.0 Å². The second kappa shape index (κ2) is 8.04.